The molecule has 0 aliphatic heterocycles. The predicted molar refractivity (Wildman–Crippen MR) is 84.2 cm³/mol. The Morgan fingerprint density at radius 1 is 1.38 bits per heavy atom. The van der Waals surface area contributed by atoms with Crippen LogP contribution < -0.4 is 5.73 Å². The third-order valence-corrected chi connectivity index (χ3v) is 4.58. The molecule has 2 aromatic rings. The van der Waals surface area contributed by atoms with E-state index in [1.165, 1.54) is 12.1 Å². The topological polar surface area (TPSA) is 51.8 Å². The van der Waals surface area contributed by atoms with E-state index in [-0.39, 0.29) is 17.3 Å². The minimum Gasteiger partial charge on any atom is -0.324 e. The van der Waals surface area contributed by atoms with E-state index in [0.717, 1.165) is 28.6 Å². The molecule has 3 nitrogen and oxygen atoms in total. The highest BCUT2D eigenvalue weighted by atomic mass is 79.9. The number of hydrogen-bond acceptors (Lipinski definition) is 3. The van der Waals surface area contributed by atoms with Crippen molar-refractivity contribution in [2.45, 2.75) is 32.7 Å². The maximum absolute atomic E-state index is 13.5. The number of rotatable bonds is 1. The molecular weight excluding hydrogens is 333 g/mol. The van der Waals surface area contributed by atoms with E-state index in [1.807, 2.05) is 0 Å². The molecule has 0 saturated carbocycles. The van der Waals surface area contributed by atoms with Crippen molar-refractivity contribution in [3.05, 3.63) is 45.9 Å². The van der Waals surface area contributed by atoms with E-state index in [1.54, 1.807) is 12.3 Å². The van der Waals surface area contributed by atoms with E-state index in [0.29, 0.717) is 11.4 Å². The smallest absolute Gasteiger partial charge is 0.160 e. The van der Waals surface area contributed by atoms with Crippen LogP contribution in [0.4, 0.5) is 4.39 Å². The van der Waals surface area contributed by atoms with Crippen LogP contribution in [0.3, 0.4) is 0 Å². The number of nitrogens with zero attached hydrogens (tertiary/aromatic N) is 2. The van der Waals surface area contributed by atoms with Gasteiger partial charge in [-0.3, -0.25) is 0 Å². The van der Waals surface area contributed by atoms with Crippen molar-refractivity contribution in [3.8, 4) is 11.4 Å². The fourth-order valence-corrected chi connectivity index (χ4v) is 3.33. The summed E-state index contributed by atoms with van der Waals surface area (Å²) >= 11 is 3.43. The largest absolute Gasteiger partial charge is 0.324 e. The molecule has 0 radical (unpaired) electrons. The maximum Gasteiger partial charge on any atom is 0.160 e. The fourth-order valence-electron chi connectivity index (χ4n) is 2.91. The highest BCUT2D eigenvalue weighted by Crippen LogP contribution is 2.39. The summed E-state index contributed by atoms with van der Waals surface area (Å²) in [5, 5.41) is 0. The molecule has 0 fully saturated rings. The molecule has 21 heavy (non-hydrogen) atoms. The Hall–Kier alpha value is -1.33. The second-order valence-corrected chi connectivity index (χ2v) is 7.23. The molecule has 1 aliphatic carbocycles. The second-order valence-electron chi connectivity index (χ2n) is 6.37. The van der Waals surface area contributed by atoms with Gasteiger partial charge in [-0.25, -0.2) is 14.4 Å². The lowest BCUT2D eigenvalue weighted by Gasteiger charge is -2.34. The Balaban J connectivity index is 2.09. The van der Waals surface area contributed by atoms with Crippen LogP contribution in [-0.2, 0) is 6.42 Å². The summed E-state index contributed by atoms with van der Waals surface area (Å²) in [4.78, 5) is 9.02. The van der Waals surface area contributed by atoms with Crippen molar-refractivity contribution in [3.63, 3.8) is 0 Å². The summed E-state index contributed by atoms with van der Waals surface area (Å²) in [6, 6.07) is 4.49. The standard InChI is InChI=1S/C16H17BrFN3/c1-16(2)6-13(19)11-8-20-15(21-14(11)7-16)10-5-9(18)3-4-12(10)17/h3-5,8,13H,6-7,19H2,1-2H3. The molecule has 1 aliphatic rings. The molecule has 1 unspecified atom stereocenters. The SMILES string of the molecule is CC1(C)Cc2nc(-c3cc(F)ccc3Br)ncc2C(N)C1. The van der Waals surface area contributed by atoms with Gasteiger partial charge in [0.2, 0.25) is 0 Å². The minimum absolute atomic E-state index is 0.0336. The molecule has 0 saturated heterocycles. The van der Waals surface area contributed by atoms with Gasteiger partial charge in [0.15, 0.2) is 5.82 Å². The zero-order valence-electron chi connectivity index (χ0n) is 12.0. The first-order valence-corrected chi connectivity index (χ1v) is 7.72. The van der Waals surface area contributed by atoms with Crippen LogP contribution >= 0.6 is 15.9 Å². The molecule has 1 heterocycles. The van der Waals surface area contributed by atoms with Crippen LogP contribution in [0.2, 0.25) is 0 Å². The summed E-state index contributed by atoms with van der Waals surface area (Å²) in [7, 11) is 0. The molecule has 110 valence electrons. The van der Waals surface area contributed by atoms with Crippen molar-refractivity contribution in [2.75, 3.05) is 0 Å². The molecular formula is C16H17BrFN3. The van der Waals surface area contributed by atoms with Crippen LogP contribution in [0.1, 0.15) is 37.6 Å². The average molecular weight is 350 g/mol. The van der Waals surface area contributed by atoms with E-state index in [2.05, 4.69) is 39.7 Å². The van der Waals surface area contributed by atoms with Crippen molar-refractivity contribution >= 4 is 15.9 Å². The summed E-state index contributed by atoms with van der Waals surface area (Å²) in [5.41, 5.74) is 8.98. The number of nitrogens with two attached hydrogens (primary N) is 1. The van der Waals surface area contributed by atoms with E-state index < -0.39 is 0 Å². The van der Waals surface area contributed by atoms with Crippen molar-refractivity contribution in [2.24, 2.45) is 11.1 Å². The Morgan fingerprint density at radius 2 is 2.14 bits per heavy atom. The monoisotopic (exact) mass is 349 g/mol. The van der Waals surface area contributed by atoms with Crippen molar-refractivity contribution in [1.29, 1.82) is 0 Å². The lowest BCUT2D eigenvalue weighted by atomic mass is 9.74. The maximum atomic E-state index is 13.5. The zero-order valence-corrected chi connectivity index (χ0v) is 13.6. The van der Waals surface area contributed by atoms with Crippen LogP contribution in [-0.4, -0.2) is 9.97 Å². The number of benzene rings is 1. The van der Waals surface area contributed by atoms with Gasteiger partial charge in [0.05, 0.1) is 0 Å². The lowest BCUT2D eigenvalue weighted by Crippen LogP contribution is -2.30. The van der Waals surface area contributed by atoms with Crippen LogP contribution in [0.5, 0.6) is 0 Å². The van der Waals surface area contributed by atoms with E-state index in [9.17, 15) is 4.39 Å². The first kappa shape index (κ1) is 14.6. The quantitative estimate of drug-likeness (QED) is 0.845. The van der Waals surface area contributed by atoms with Gasteiger partial charge in [-0.2, -0.15) is 0 Å². The highest BCUT2D eigenvalue weighted by molar-refractivity contribution is 9.10. The summed E-state index contributed by atoms with van der Waals surface area (Å²) < 4.78 is 14.2. The summed E-state index contributed by atoms with van der Waals surface area (Å²) in [5.74, 6) is 0.233. The molecule has 0 amide bonds. The minimum atomic E-state index is -0.299. The van der Waals surface area contributed by atoms with Gasteiger partial charge in [0.1, 0.15) is 5.82 Å². The Kier molecular flexibility index (Phi) is 3.58. The summed E-state index contributed by atoms with van der Waals surface area (Å²) in [6.07, 6.45) is 3.57. The third kappa shape index (κ3) is 2.85. The van der Waals surface area contributed by atoms with Gasteiger partial charge >= 0.3 is 0 Å². The van der Waals surface area contributed by atoms with Crippen LogP contribution in [0.15, 0.2) is 28.9 Å². The summed E-state index contributed by atoms with van der Waals surface area (Å²) in [6.45, 7) is 4.38. The number of hydrogen-bond donors (Lipinski definition) is 1. The van der Waals surface area contributed by atoms with Crippen molar-refractivity contribution < 1.29 is 4.39 Å². The Bertz CT molecular complexity index is 700. The molecule has 1 aromatic carbocycles. The molecule has 1 atom stereocenters. The first-order chi connectivity index (χ1) is 9.85. The van der Waals surface area contributed by atoms with E-state index in [4.69, 9.17) is 5.73 Å². The zero-order chi connectivity index (χ0) is 15.2. The number of fused-ring (bicyclic) bond motifs is 1. The molecule has 0 spiro atoms. The molecule has 3 rings (SSSR count). The fraction of sp³-hybridized carbons (Fsp3) is 0.375. The average Bonchev–Trinajstić information content (AvgIpc) is 2.39. The second kappa shape index (κ2) is 5.14. The Morgan fingerprint density at radius 3 is 2.90 bits per heavy atom. The van der Waals surface area contributed by atoms with Gasteiger partial charge < -0.3 is 5.73 Å². The normalized spacial score (nSPS) is 20.1. The lowest BCUT2D eigenvalue weighted by molar-refractivity contribution is 0.278. The number of aromatic nitrogens is 2. The molecule has 5 heteroatoms. The van der Waals surface area contributed by atoms with Gasteiger partial charge in [0, 0.05) is 33.5 Å². The molecule has 0 bridgehead atoms. The predicted octanol–water partition coefficient (Wildman–Crippen LogP) is 4.02. The van der Waals surface area contributed by atoms with Gasteiger partial charge in [-0.15, -0.1) is 0 Å². The van der Waals surface area contributed by atoms with Gasteiger partial charge in [0.25, 0.3) is 0 Å². The van der Waals surface area contributed by atoms with Gasteiger partial charge in [-0.05, 0) is 36.5 Å². The van der Waals surface area contributed by atoms with Crippen LogP contribution in [0, 0.1) is 11.2 Å². The third-order valence-electron chi connectivity index (χ3n) is 3.89. The van der Waals surface area contributed by atoms with Gasteiger partial charge in [-0.1, -0.05) is 29.8 Å². The number of halogens is 2. The van der Waals surface area contributed by atoms with Crippen molar-refractivity contribution in [1.82, 2.24) is 9.97 Å². The molecule has 2 N–H and O–H groups in total. The Labute approximate surface area is 131 Å². The van der Waals surface area contributed by atoms with E-state index >= 15 is 0 Å². The highest BCUT2D eigenvalue weighted by Gasteiger charge is 2.31. The molecule has 1 aromatic heterocycles. The van der Waals surface area contributed by atoms with Crippen LogP contribution in [0.25, 0.3) is 11.4 Å². The first-order valence-electron chi connectivity index (χ1n) is 6.92.